The van der Waals surface area contributed by atoms with E-state index in [1.165, 1.54) is 0 Å². The summed E-state index contributed by atoms with van der Waals surface area (Å²) in [5.41, 5.74) is 3.76. The summed E-state index contributed by atoms with van der Waals surface area (Å²) < 4.78 is 0. The Morgan fingerprint density at radius 2 is 1.40 bits per heavy atom. The minimum atomic E-state index is -0.191. The van der Waals surface area contributed by atoms with Crippen molar-refractivity contribution in [3.8, 4) is 0 Å². The number of carbonyl (C=O) groups is 1. The van der Waals surface area contributed by atoms with Crippen molar-refractivity contribution in [3.05, 3.63) is 108 Å². The van der Waals surface area contributed by atoms with Gasteiger partial charge in [-0.3, -0.25) is 4.79 Å². The van der Waals surface area contributed by atoms with Crippen LogP contribution in [0, 0.1) is 0 Å². The van der Waals surface area contributed by atoms with E-state index in [0.717, 1.165) is 22.0 Å². The fourth-order valence-electron chi connectivity index (χ4n) is 3.14. The molecular formula is C22H18N2O. The van der Waals surface area contributed by atoms with Crippen molar-refractivity contribution in [2.75, 3.05) is 0 Å². The third-order valence-electron chi connectivity index (χ3n) is 4.38. The van der Waals surface area contributed by atoms with Crippen molar-refractivity contribution in [3.63, 3.8) is 0 Å². The predicted octanol–water partition coefficient (Wildman–Crippen LogP) is 4.69. The minimum absolute atomic E-state index is 0.0806. The van der Waals surface area contributed by atoms with Gasteiger partial charge in [0.25, 0.3) is 5.91 Å². The topological polar surface area (TPSA) is 44.9 Å². The lowest BCUT2D eigenvalue weighted by Gasteiger charge is -2.20. The van der Waals surface area contributed by atoms with Crippen molar-refractivity contribution in [2.45, 2.75) is 6.04 Å². The van der Waals surface area contributed by atoms with Crippen LogP contribution in [-0.2, 0) is 0 Å². The molecule has 0 saturated heterocycles. The maximum atomic E-state index is 13.0. The molecule has 0 spiro atoms. The van der Waals surface area contributed by atoms with Crippen LogP contribution in [0.3, 0.4) is 0 Å². The highest BCUT2D eigenvalue weighted by Gasteiger charge is 2.19. The van der Waals surface area contributed by atoms with Crippen LogP contribution in [0.25, 0.3) is 10.9 Å². The van der Waals surface area contributed by atoms with E-state index in [-0.39, 0.29) is 11.9 Å². The maximum Gasteiger partial charge on any atom is 0.252 e. The van der Waals surface area contributed by atoms with Gasteiger partial charge in [-0.2, -0.15) is 0 Å². The number of aromatic nitrogens is 1. The second-order valence-electron chi connectivity index (χ2n) is 5.97. The first kappa shape index (κ1) is 15.2. The van der Waals surface area contributed by atoms with Gasteiger partial charge in [-0.25, -0.2) is 0 Å². The number of rotatable bonds is 4. The Morgan fingerprint density at radius 3 is 2.04 bits per heavy atom. The lowest BCUT2D eigenvalue weighted by atomic mass is 9.98. The van der Waals surface area contributed by atoms with Crippen LogP contribution in [-0.4, -0.2) is 10.9 Å². The highest BCUT2D eigenvalue weighted by atomic mass is 16.1. The third kappa shape index (κ3) is 3.04. The van der Waals surface area contributed by atoms with E-state index >= 15 is 0 Å². The zero-order valence-electron chi connectivity index (χ0n) is 13.6. The first-order valence-electron chi connectivity index (χ1n) is 8.30. The number of nitrogens with one attached hydrogen (secondary N) is 2. The molecule has 2 N–H and O–H groups in total. The van der Waals surface area contributed by atoms with Crippen molar-refractivity contribution in [1.82, 2.24) is 10.3 Å². The first-order chi connectivity index (χ1) is 12.3. The molecule has 1 amide bonds. The Hall–Kier alpha value is -3.33. The highest BCUT2D eigenvalue weighted by molar-refractivity contribution is 6.06. The van der Waals surface area contributed by atoms with Crippen molar-refractivity contribution >= 4 is 16.8 Å². The summed E-state index contributed by atoms with van der Waals surface area (Å²) in [7, 11) is 0. The van der Waals surface area contributed by atoms with Crippen LogP contribution >= 0.6 is 0 Å². The van der Waals surface area contributed by atoms with Crippen LogP contribution in [0.4, 0.5) is 0 Å². The van der Waals surface area contributed by atoms with E-state index < -0.39 is 0 Å². The van der Waals surface area contributed by atoms with Crippen LogP contribution in [0.15, 0.2) is 91.1 Å². The molecular weight excluding hydrogens is 308 g/mol. The molecule has 3 heteroatoms. The molecule has 0 atom stereocenters. The molecule has 25 heavy (non-hydrogen) atoms. The van der Waals surface area contributed by atoms with E-state index in [1.54, 1.807) is 0 Å². The molecule has 0 aliphatic carbocycles. The van der Waals surface area contributed by atoms with Crippen LogP contribution < -0.4 is 5.32 Å². The number of carbonyl (C=O) groups excluding carboxylic acids is 1. The van der Waals surface area contributed by atoms with Gasteiger partial charge >= 0.3 is 0 Å². The van der Waals surface area contributed by atoms with E-state index in [1.807, 2.05) is 91.1 Å². The number of amides is 1. The lowest BCUT2D eigenvalue weighted by Crippen LogP contribution is -2.29. The molecule has 4 aromatic rings. The van der Waals surface area contributed by atoms with Gasteiger partial charge in [-0.1, -0.05) is 66.7 Å². The molecule has 1 aromatic heterocycles. The summed E-state index contributed by atoms with van der Waals surface area (Å²) in [5, 5.41) is 4.13. The van der Waals surface area contributed by atoms with Gasteiger partial charge in [0.2, 0.25) is 0 Å². The number of fused-ring (bicyclic) bond motifs is 1. The fourth-order valence-corrected chi connectivity index (χ4v) is 3.14. The number of hydrogen-bond acceptors (Lipinski definition) is 1. The van der Waals surface area contributed by atoms with E-state index in [4.69, 9.17) is 0 Å². The summed E-state index contributed by atoms with van der Waals surface area (Å²) in [4.78, 5) is 16.1. The molecule has 1 heterocycles. The summed E-state index contributed by atoms with van der Waals surface area (Å²) in [6, 6.07) is 27.5. The molecule has 3 nitrogen and oxygen atoms in total. The first-order valence-corrected chi connectivity index (χ1v) is 8.30. The average molecular weight is 326 g/mol. The Balaban J connectivity index is 1.72. The van der Waals surface area contributed by atoms with Crippen molar-refractivity contribution in [2.24, 2.45) is 0 Å². The molecule has 0 aliphatic rings. The highest BCUT2D eigenvalue weighted by Crippen LogP contribution is 2.24. The Kier molecular flexibility index (Phi) is 4.05. The average Bonchev–Trinajstić information content (AvgIpc) is 3.16. The zero-order valence-corrected chi connectivity index (χ0v) is 13.6. The number of benzene rings is 3. The van der Waals surface area contributed by atoms with E-state index in [0.29, 0.717) is 5.56 Å². The Labute approximate surface area is 146 Å². The van der Waals surface area contributed by atoms with Crippen LogP contribution in [0.1, 0.15) is 27.5 Å². The van der Waals surface area contributed by atoms with Gasteiger partial charge < -0.3 is 10.3 Å². The van der Waals surface area contributed by atoms with Crippen LogP contribution in [0.2, 0.25) is 0 Å². The summed E-state index contributed by atoms with van der Waals surface area (Å²) in [6.45, 7) is 0. The molecule has 0 fully saturated rings. The largest absolute Gasteiger partial charge is 0.361 e. The number of H-pyrrole nitrogens is 1. The van der Waals surface area contributed by atoms with E-state index in [9.17, 15) is 4.79 Å². The second kappa shape index (κ2) is 6.65. The summed E-state index contributed by atoms with van der Waals surface area (Å²) >= 11 is 0. The van der Waals surface area contributed by atoms with Gasteiger partial charge in [0.15, 0.2) is 0 Å². The molecule has 0 bridgehead atoms. The van der Waals surface area contributed by atoms with Gasteiger partial charge in [-0.05, 0) is 29.3 Å². The van der Waals surface area contributed by atoms with Crippen LogP contribution in [0.5, 0.6) is 0 Å². The quantitative estimate of drug-likeness (QED) is 0.561. The predicted molar refractivity (Wildman–Crippen MR) is 100 cm³/mol. The molecule has 0 saturated carbocycles. The molecule has 3 aromatic carbocycles. The Bertz CT molecular complexity index is 951. The molecule has 122 valence electrons. The second-order valence-corrected chi connectivity index (χ2v) is 5.97. The van der Waals surface area contributed by atoms with Gasteiger partial charge in [0.1, 0.15) is 0 Å². The van der Waals surface area contributed by atoms with Gasteiger partial charge in [0, 0.05) is 22.7 Å². The number of aromatic amines is 1. The molecule has 0 unspecified atom stereocenters. The summed E-state index contributed by atoms with van der Waals surface area (Å²) in [6.07, 6.45) is 1.85. The molecule has 0 radical (unpaired) electrons. The lowest BCUT2D eigenvalue weighted by molar-refractivity contribution is 0.0944. The van der Waals surface area contributed by atoms with Crippen molar-refractivity contribution < 1.29 is 4.79 Å². The smallest absolute Gasteiger partial charge is 0.252 e. The number of hydrogen-bond donors (Lipinski definition) is 2. The third-order valence-corrected chi connectivity index (χ3v) is 4.38. The van der Waals surface area contributed by atoms with Gasteiger partial charge in [0.05, 0.1) is 6.04 Å². The molecule has 0 aliphatic heterocycles. The SMILES string of the molecule is O=C(NC(c1ccccc1)c1ccccc1)c1cccc2[nH]ccc12. The van der Waals surface area contributed by atoms with E-state index in [2.05, 4.69) is 10.3 Å². The fraction of sp³-hybridized carbons (Fsp3) is 0.0455. The summed E-state index contributed by atoms with van der Waals surface area (Å²) in [5.74, 6) is -0.0806. The normalized spacial score (nSPS) is 10.9. The van der Waals surface area contributed by atoms with Gasteiger partial charge in [-0.15, -0.1) is 0 Å². The van der Waals surface area contributed by atoms with Crippen molar-refractivity contribution in [1.29, 1.82) is 0 Å². The Morgan fingerprint density at radius 1 is 0.760 bits per heavy atom. The minimum Gasteiger partial charge on any atom is -0.361 e. The zero-order chi connectivity index (χ0) is 17.1. The molecule has 4 rings (SSSR count). The standard InChI is InChI=1S/C22H18N2O/c25-22(19-12-7-13-20-18(19)14-15-23-20)24-21(16-8-3-1-4-9-16)17-10-5-2-6-11-17/h1-15,21,23H,(H,24,25). The maximum absolute atomic E-state index is 13.0. The monoisotopic (exact) mass is 326 g/mol.